The number of aromatic nitrogens is 2. The Balaban J connectivity index is 2.31. The summed E-state index contributed by atoms with van der Waals surface area (Å²) in [7, 11) is 0. The van der Waals surface area contributed by atoms with Gasteiger partial charge in [-0.2, -0.15) is 0 Å². The largest absolute Gasteiger partial charge is 0.395 e. The summed E-state index contributed by atoms with van der Waals surface area (Å²) < 4.78 is 0. The Morgan fingerprint density at radius 2 is 2.25 bits per heavy atom. The van der Waals surface area contributed by atoms with Crippen molar-refractivity contribution >= 4 is 0 Å². The van der Waals surface area contributed by atoms with Gasteiger partial charge in [0, 0.05) is 18.3 Å². The summed E-state index contributed by atoms with van der Waals surface area (Å²) in [5.74, 6) is 0.254. The van der Waals surface area contributed by atoms with Gasteiger partial charge in [0.15, 0.2) is 0 Å². The summed E-state index contributed by atoms with van der Waals surface area (Å²) in [6.07, 6.45) is 2.26. The van der Waals surface area contributed by atoms with Crippen LogP contribution in [0.1, 0.15) is 24.9 Å². The lowest BCUT2D eigenvalue weighted by Gasteiger charge is -2.14. The highest BCUT2D eigenvalue weighted by Gasteiger charge is 2.32. The van der Waals surface area contributed by atoms with Crippen LogP contribution in [-0.2, 0) is 0 Å². The molecule has 16 heavy (non-hydrogen) atoms. The summed E-state index contributed by atoms with van der Waals surface area (Å²) in [4.78, 5) is 27.1. The van der Waals surface area contributed by atoms with Crippen LogP contribution in [0.25, 0.3) is 0 Å². The Bertz CT molecular complexity index is 479. The van der Waals surface area contributed by atoms with Crippen molar-refractivity contribution in [2.24, 2.45) is 5.92 Å². The molecule has 0 amide bonds. The van der Waals surface area contributed by atoms with Gasteiger partial charge in [-0.3, -0.25) is 9.78 Å². The van der Waals surface area contributed by atoms with E-state index >= 15 is 0 Å². The first-order valence-corrected chi connectivity index (χ1v) is 5.30. The van der Waals surface area contributed by atoms with E-state index in [1.807, 2.05) is 6.92 Å². The summed E-state index contributed by atoms with van der Waals surface area (Å²) >= 11 is 0. The zero-order valence-electron chi connectivity index (χ0n) is 8.99. The molecule has 0 radical (unpaired) electrons. The van der Waals surface area contributed by atoms with E-state index in [4.69, 9.17) is 5.11 Å². The Morgan fingerprint density at radius 1 is 1.50 bits per heavy atom. The van der Waals surface area contributed by atoms with Gasteiger partial charge in [0.25, 0.3) is 5.56 Å². The highest BCUT2D eigenvalue weighted by molar-refractivity contribution is 5.13. The fourth-order valence-corrected chi connectivity index (χ4v) is 2.25. The van der Waals surface area contributed by atoms with E-state index in [2.05, 4.69) is 15.3 Å². The van der Waals surface area contributed by atoms with Gasteiger partial charge in [-0.05, 0) is 12.3 Å². The van der Waals surface area contributed by atoms with Gasteiger partial charge in [-0.1, -0.05) is 6.92 Å². The number of aliphatic hydroxyl groups is 1. The van der Waals surface area contributed by atoms with E-state index in [-0.39, 0.29) is 30.2 Å². The van der Waals surface area contributed by atoms with Crippen LogP contribution < -0.4 is 16.6 Å². The number of H-pyrrole nitrogens is 2. The highest BCUT2D eigenvalue weighted by Crippen LogP contribution is 2.29. The van der Waals surface area contributed by atoms with Gasteiger partial charge >= 0.3 is 5.69 Å². The molecule has 0 bridgehead atoms. The summed E-state index contributed by atoms with van der Waals surface area (Å²) in [6, 6.07) is -0.0934. The topological polar surface area (TPSA) is 98.0 Å². The minimum atomic E-state index is -0.502. The molecule has 1 aliphatic heterocycles. The Labute approximate surface area is 91.7 Å². The van der Waals surface area contributed by atoms with Crippen LogP contribution in [0.3, 0.4) is 0 Å². The van der Waals surface area contributed by atoms with Crippen molar-refractivity contribution in [2.75, 3.05) is 6.61 Å². The molecule has 1 aliphatic rings. The van der Waals surface area contributed by atoms with Crippen LogP contribution in [-0.4, -0.2) is 27.7 Å². The summed E-state index contributed by atoms with van der Waals surface area (Å²) in [5, 5.41) is 12.2. The van der Waals surface area contributed by atoms with E-state index in [0.717, 1.165) is 6.42 Å². The normalized spacial score (nSPS) is 29.5. The molecule has 2 rings (SSSR count). The third-order valence-corrected chi connectivity index (χ3v) is 3.04. The van der Waals surface area contributed by atoms with Gasteiger partial charge in [0.05, 0.1) is 12.2 Å². The van der Waals surface area contributed by atoms with E-state index in [0.29, 0.717) is 5.56 Å². The second-order valence-electron chi connectivity index (χ2n) is 4.26. The second kappa shape index (κ2) is 4.23. The maximum Gasteiger partial charge on any atom is 0.325 e. The molecule has 1 aromatic rings. The first-order chi connectivity index (χ1) is 7.61. The number of rotatable bonds is 2. The Kier molecular flexibility index (Phi) is 2.93. The van der Waals surface area contributed by atoms with Crippen LogP contribution >= 0.6 is 0 Å². The number of aliphatic hydroxyl groups excluding tert-OH is 1. The molecule has 0 spiro atoms. The minimum Gasteiger partial charge on any atom is -0.395 e. The van der Waals surface area contributed by atoms with Gasteiger partial charge < -0.3 is 15.4 Å². The quantitative estimate of drug-likeness (QED) is 0.524. The molecule has 4 N–H and O–H groups in total. The maximum absolute atomic E-state index is 11.6. The third-order valence-electron chi connectivity index (χ3n) is 3.04. The lowest BCUT2D eigenvalue weighted by Crippen LogP contribution is -2.33. The molecule has 2 unspecified atom stereocenters. The first-order valence-electron chi connectivity index (χ1n) is 5.30. The number of hydrogen-bond donors (Lipinski definition) is 4. The smallest absolute Gasteiger partial charge is 0.325 e. The molecule has 1 fully saturated rings. The Hall–Kier alpha value is -1.40. The van der Waals surface area contributed by atoms with Crippen molar-refractivity contribution in [1.82, 2.24) is 15.3 Å². The van der Waals surface area contributed by atoms with Crippen molar-refractivity contribution in [3.8, 4) is 0 Å². The monoisotopic (exact) mass is 225 g/mol. The molecule has 0 aromatic carbocycles. The van der Waals surface area contributed by atoms with Gasteiger partial charge in [0.1, 0.15) is 0 Å². The molecule has 0 saturated carbocycles. The lowest BCUT2D eigenvalue weighted by atomic mass is 9.97. The summed E-state index contributed by atoms with van der Waals surface area (Å²) in [6.45, 7) is 2.07. The predicted molar refractivity (Wildman–Crippen MR) is 58.2 cm³/mol. The van der Waals surface area contributed by atoms with E-state index in [9.17, 15) is 9.59 Å². The molecular formula is C10H15N3O3. The molecule has 6 heteroatoms. The zero-order valence-corrected chi connectivity index (χ0v) is 8.99. The van der Waals surface area contributed by atoms with Crippen LogP contribution in [0.5, 0.6) is 0 Å². The molecule has 88 valence electrons. The van der Waals surface area contributed by atoms with Crippen molar-refractivity contribution in [1.29, 1.82) is 0 Å². The molecule has 6 nitrogen and oxygen atoms in total. The van der Waals surface area contributed by atoms with Gasteiger partial charge in [-0.25, -0.2) is 4.79 Å². The van der Waals surface area contributed by atoms with Crippen molar-refractivity contribution < 1.29 is 5.11 Å². The molecule has 1 aromatic heterocycles. The minimum absolute atomic E-state index is 0.0197. The van der Waals surface area contributed by atoms with Crippen LogP contribution in [0.15, 0.2) is 15.8 Å². The fraction of sp³-hybridized carbons (Fsp3) is 0.600. The zero-order chi connectivity index (χ0) is 11.7. The molecule has 1 saturated heterocycles. The van der Waals surface area contributed by atoms with Crippen molar-refractivity contribution in [2.45, 2.75) is 25.4 Å². The van der Waals surface area contributed by atoms with Crippen molar-refractivity contribution in [3.63, 3.8) is 0 Å². The average molecular weight is 225 g/mol. The second-order valence-corrected chi connectivity index (χ2v) is 4.26. The van der Waals surface area contributed by atoms with E-state index in [1.54, 1.807) is 0 Å². The average Bonchev–Trinajstić information content (AvgIpc) is 2.60. The molecular weight excluding hydrogens is 210 g/mol. The van der Waals surface area contributed by atoms with E-state index < -0.39 is 5.69 Å². The molecule has 0 aliphatic carbocycles. The van der Waals surface area contributed by atoms with Crippen molar-refractivity contribution in [3.05, 3.63) is 32.6 Å². The Morgan fingerprint density at radius 3 is 2.81 bits per heavy atom. The standard InChI is InChI=1S/C10H15N3O3/c1-5-2-6(4-14)12-8(5)7-3-11-10(16)13-9(7)15/h3,5-6,8,12,14H,2,4H2,1H3,(H2,11,13,15,16)/t5?,6?,8-/m1/s1. The maximum atomic E-state index is 11.6. The van der Waals surface area contributed by atoms with Gasteiger partial charge in [-0.15, -0.1) is 0 Å². The van der Waals surface area contributed by atoms with Crippen LogP contribution in [0.4, 0.5) is 0 Å². The SMILES string of the molecule is CC1CC(CO)N[C@H]1c1c[nH]c(=O)[nH]c1=O. The molecule has 3 atom stereocenters. The number of aromatic amines is 2. The van der Waals surface area contributed by atoms with Crippen LogP contribution in [0, 0.1) is 5.92 Å². The lowest BCUT2D eigenvalue weighted by molar-refractivity contribution is 0.251. The van der Waals surface area contributed by atoms with Crippen LogP contribution in [0.2, 0.25) is 0 Å². The van der Waals surface area contributed by atoms with E-state index in [1.165, 1.54) is 6.20 Å². The highest BCUT2D eigenvalue weighted by atomic mass is 16.3. The third kappa shape index (κ3) is 1.94. The fourth-order valence-electron chi connectivity index (χ4n) is 2.25. The number of hydrogen-bond acceptors (Lipinski definition) is 4. The first kappa shape index (κ1) is 11.1. The summed E-state index contributed by atoms with van der Waals surface area (Å²) in [5.41, 5.74) is -0.354. The predicted octanol–water partition coefficient (Wildman–Crippen LogP) is -0.905. The number of nitrogens with one attached hydrogen (secondary N) is 3. The van der Waals surface area contributed by atoms with Gasteiger partial charge in [0.2, 0.25) is 0 Å². The molecule has 2 heterocycles.